The van der Waals surface area contributed by atoms with Crippen molar-refractivity contribution < 1.29 is 43.1 Å². The third-order valence-corrected chi connectivity index (χ3v) is 7.42. The molecule has 0 aromatic carbocycles. The van der Waals surface area contributed by atoms with Crippen molar-refractivity contribution in [2.45, 2.75) is 86.2 Å². The first kappa shape index (κ1) is 25.4. The molecule has 0 radical (unpaired) electrons. The number of hydrogen-bond donors (Lipinski definition) is 0. The van der Waals surface area contributed by atoms with Crippen molar-refractivity contribution in [1.82, 2.24) is 5.06 Å². The molecule has 0 aliphatic heterocycles. The van der Waals surface area contributed by atoms with Crippen LogP contribution in [0.2, 0.25) is 0 Å². The van der Waals surface area contributed by atoms with Crippen molar-refractivity contribution in [3.63, 3.8) is 0 Å². The van der Waals surface area contributed by atoms with Crippen LogP contribution in [0.25, 0.3) is 0 Å². The van der Waals surface area contributed by atoms with Crippen LogP contribution >= 0.6 is 7.60 Å². The van der Waals surface area contributed by atoms with Crippen molar-refractivity contribution in [1.29, 1.82) is 0 Å². The van der Waals surface area contributed by atoms with E-state index < -0.39 is 29.9 Å². The molecule has 0 aromatic rings. The van der Waals surface area contributed by atoms with Gasteiger partial charge in [0.25, 0.3) is 0 Å². The summed E-state index contributed by atoms with van der Waals surface area (Å²) in [6, 6.07) is 0. The van der Waals surface area contributed by atoms with Crippen LogP contribution in [0.5, 0.6) is 0 Å². The Morgan fingerprint density at radius 2 is 1.40 bits per heavy atom. The number of carbonyl (C=O) groups is 1. The fraction of sp³-hybridized carbons (Fsp3) is 0.941. The summed E-state index contributed by atoms with van der Waals surface area (Å²) in [4.78, 5) is 18.2. The van der Waals surface area contributed by atoms with E-state index in [1.165, 1.54) is 19.8 Å². The van der Waals surface area contributed by atoms with Gasteiger partial charge in [0.15, 0.2) is 0 Å². The van der Waals surface area contributed by atoms with Crippen LogP contribution in [0.4, 0.5) is 0 Å². The molecule has 0 saturated heterocycles. The summed E-state index contributed by atoms with van der Waals surface area (Å²) >= 11 is 1.40. The van der Waals surface area contributed by atoms with Gasteiger partial charge < -0.3 is 0 Å². The maximum atomic E-state index is 13.7. The molecule has 8 heteroatoms. The number of rotatable bonds is 9. The molecular weight excluding hydrogens is 425 g/mol. The predicted molar refractivity (Wildman–Crippen MR) is 95.9 cm³/mol. The summed E-state index contributed by atoms with van der Waals surface area (Å²) in [5.74, 6) is -0.681. The molecule has 149 valence electrons. The molecule has 0 bridgehead atoms. The summed E-state index contributed by atoms with van der Waals surface area (Å²) in [5.41, 5.74) is -2.07. The van der Waals surface area contributed by atoms with E-state index in [9.17, 15) is 9.36 Å². The Morgan fingerprint density at radius 1 is 1.00 bits per heavy atom. The van der Waals surface area contributed by atoms with Gasteiger partial charge in [-0.2, -0.15) is 0 Å². The van der Waals surface area contributed by atoms with Gasteiger partial charge >= 0.3 is 165 Å². The quantitative estimate of drug-likeness (QED) is 0.287. The molecule has 25 heavy (non-hydrogen) atoms. The molecule has 0 saturated carbocycles. The predicted octanol–water partition coefficient (Wildman–Crippen LogP) is 4.51. The molecule has 0 aromatic heterocycles. The minimum absolute atomic E-state index is 0.104. The normalized spacial score (nSPS) is 15.5. The zero-order valence-electron chi connectivity index (χ0n) is 17.3. The number of carbonyl (C=O) groups excluding carboxylic acids is 1. The summed E-state index contributed by atoms with van der Waals surface area (Å²) in [5, 5.41) is 1.64. The molecule has 1 unspecified atom stereocenters. The Kier molecular flexibility index (Phi) is 9.24. The maximum absolute atomic E-state index is 13.7. The monoisotopic (exact) mass is 462 g/mol. The van der Waals surface area contributed by atoms with E-state index in [1.807, 2.05) is 41.5 Å². The fourth-order valence-corrected chi connectivity index (χ4v) is 5.10. The van der Waals surface area contributed by atoms with Crippen LogP contribution < -0.4 is 0 Å². The van der Waals surface area contributed by atoms with Crippen LogP contribution in [0.3, 0.4) is 0 Å². The van der Waals surface area contributed by atoms with Crippen molar-refractivity contribution >= 4 is 11.8 Å². The Morgan fingerprint density at radius 3 is 1.64 bits per heavy atom. The van der Waals surface area contributed by atoms with Gasteiger partial charge in [0.1, 0.15) is 0 Å². The third-order valence-electron chi connectivity index (χ3n) is 3.39. The fourth-order valence-electron chi connectivity index (χ4n) is 2.33. The number of hydrogen-bond acceptors (Lipinski definition) is 6. The first-order chi connectivity index (χ1) is 11.0. The Bertz CT molecular complexity index is 486. The van der Waals surface area contributed by atoms with Crippen molar-refractivity contribution in [3.8, 4) is 0 Å². The van der Waals surface area contributed by atoms with Gasteiger partial charge in [-0.25, -0.2) is 0 Å². The van der Waals surface area contributed by atoms with E-state index >= 15 is 0 Å². The zero-order valence-corrected chi connectivity index (χ0v) is 20.2. The Hall–Kier alpha value is 0.428. The number of nitrogens with zero attached hydrogens (tertiary/aromatic N) is 1. The average molecular weight is 460 g/mol. The molecule has 0 fully saturated rings. The molecule has 0 rings (SSSR count). The first-order valence-corrected chi connectivity index (χ1v) is 11.2. The molecule has 6 nitrogen and oxygen atoms in total. The second kappa shape index (κ2) is 9.08. The molecule has 0 spiro atoms. The van der Waals surface area contributed by atoms with Crippen LogP contribution in [0.1, 0.15) is 69.2 Å². The molecule has 0 N–H and O–H groups in total. The van der Waals surface area contributed by atoms with E-state index in [0.29, 0.717) is 0 Å². The molecule has 0 aliphatic carbocycles. The van der Waals surface area contributed by atoms with Gasteiger partial charge in [0.05, 0.1) is 0 Å². The van der Waals surface area contributed by atoms with Gasteiger partial charge in [-0.3, -0.25) is 0 Å². The van der Waals surface area contributed by atoms with Gasteiger partial charge in [-0.05, 0) is 0 Å². The van der Waals surface area contributed by atoms with Crippen LogP contribution in [0, 0.1) is 5.41 Å². The van der Waals surface area contributed by atoms with Gasteiger partial charge in [-0.1, -0.05) is 0 Å². The average Bonchev–Trinajstić information content (AvgIpc) is 2.35. The molecular formula is C17H35MoNO5P. The van der Waals surface area contributed by atoms with E-state index in [4.69, 9.17) is 13.9 Å². The van der Waals surface area contributed by atoms with E-state index in [0.717, 1.165) is 0 Å². The van der Waals surface area contributed by atoms with E-state index in [-0.39, 0.29) is 17.4 Å². The first-order valence-electron chi connectivity index (χ1n) is 8.61. The van der Waals surface area contributed by atoms with Gasteiger partial charge in [0, 0.05) is 0 Å². The summed E-state index contributed by atoms with van der Waals surface area (Å²) in [6.45, 7) is 19.3. The summed E-state index contributed by atoms with van der Waals surface area (Å²) in [6.07, 6.45) is 0. The molecule has 1 atom stereocenters. The topological polar surface area (TPSA) is 65.1 Å². The Labute approximate surface area is 164 Å². The van der Waals surface area contributed by atoms with Crippen molar-refractivity contribution in [2.75, 3.05) is 13.2 Å². The van der Waals surface area contributed by atoms with Crippen LogP contribution in [0.15, 0.2) is 0 Å². The standard InChI is InChI=1S/C17H35NO5P.Mo/c1-11-21-24(20,22-12-2)14(15(3,4)5)18(16(6,7)8)23-17(9,10)13-19;/h14H,11-12H2,1-10H3;. The second-order valence-electron chi connectivity index (χ2n) is 8.50. The number of hydroxylamine groups is 2. The SMILES string of the molecule is CCOP(=O)(OCC)C(N(OC(C)(C)[C](=O)[Mo])C(C)(C)C)C(C)(C)C. The Balaban J connectivity index is 6.32. The minimum atomic E-state index is -3.53. The third kappa shape index (κ3) is 7.16. The summed E-state index contributed by atoms with van der Waals surface area (Å²) in [7, 11) is -3.53. The van der Waals surface area contributed by atoms with E-state index in [1.54, 1.807) is 32.8 Å². The van der Waals surface area contributed by atoms with Gasteiger partial charge in [-0.15, -0.1) is 0 Å². The molecule has 0 amide bonds. The van der Waals surface area contributed by atoms with Crippen LogP contribution in [-0.4, -0.2) is 39.4 Å². The second-order valence-corrected chi connectivity index (χ2v) is 11.5. The van der Waals surface area contributed by atoms with Crippen molar-refractivity contribution in [3.05, 3.63) is 0 Å². The van der Waals surface area contributed by atoms with Gasteiger partial charge in [0.2, 0.25) is 0 Å². The van der Waals surface area contributed by atoms with Crippen LogP contribution in [-0.2, 0) is 43.1 Å². The molecule has 0 heterocycles. The van der Waals surface area contributed by atoms with E-state index in [2.05, 4.69) is 0 Å². The summed E-state index contributed by atoms with van der Waals surface area (Å²) < 4.78 is 24.8. The van der Waals surface area contributed by atoms with Crippen molar-refractivity contribution in [2.24, 2.45) is 5.41 Å². The molecule has 0 aliphatic rings. The zero-order chi connectivity index (χ0) is 20.3.